The number of fused-ring (bicyclic) bond motifs is 3. The Morgan fingerprint density at radius 2 is 2.04 bits per heavy atom. The van der Waals surface area contributed by atoms with Crippen LogP contribution in [0, 0.1) is 5.82 Å². The number of rotatable bonds is 2. The van der Waals surface area contributed by atoms with Crippen molar-refractivity contribution in [1.82, 2.24) is 9.88 Å². The molecule has 2 heterocycles. The van der Waals surface area contributed by atoms with Crippen molar-refractivity contribution >= 4 is 29.0 Å². The fraction of sp³-hybridized carbons (Fsp3) is 0.150. The number of halogens is 3. The third kappa shape index (κ3) is 2.84. The van der Waals surface area contributed by atoms with E-state index in [1.807, 2.05) is 29.0 Å². The van der Waals surface area contributed by atoms with Gasteiger partial charge >= 0.3 is 0 Å². The van der Waals surface area contributed by atoms with Crippen LogP contribution in [0.2, 0.25) is 10.0 Å². The predicted molar refractivity (Wildman–Crippen MR) is 101 cm³/mol. The van der Waals surface area contributed by atoms with E-state index in [1.54, 1.807) is 18.2 Å². The van der Waals surface area contributed by atoms with Gasteiger partial charge in [-0.15, -0.1) is 0 Å². The molecule has 0 spiro atoms. The second-order valence-electron chi connectivity index (χ2n) is 6.30. The fourth-order valence-electron chi connectivity index (χ4n) is 3.42. The molecule has 6 heteroatoms. The van der Waals surface area contributed by atoms with E-state index in [1.165, 1.54) is 13.0 Å². The van der Waals surface area contributed by atoms with Crippen molar-refractivity contribution in [2.45, 2.75) is 19.5 Å². The number of Topliss-reactive ketones (excluding diaryl/α,β-unsaturated/α-hetero) is 1. The minimum absolute atomic E-state index is 0.0882. The monoisotopic (exact) mass is 388 g/mol. The lowest BCUT2D eigenvalue weighted by Crippen LogP contribution is -2.21. The second-order valence-corrected chi connectivity index (χ2v) is 7.14. The number of nitrogens with one attached hydrogen (secondary N) is 1. The van der Waals surface area contributed by atoms with Crippen LogP contribution in [0.5, 0.6) is 0 Å². The standard InChI is InChI=1S/C20H15Cl2FN2O/c1-11(26)14-7-12(4-5-17(14)23)20-18-3-2-6-25(18)19-9-13(21)8-16(22)15(19)10-24-20/h2-9,20,24H,10H2,1H3. The van der Waals surface area contributed by atoms with Crippen LogP contribution in [-0.4, -0.2) is 10.4 Å². The van der Waals surface area contributed by atoms with E-state index < -0.39 is 5.82 Å². The Bertz CT molecular complexity index is 1030. The number of hydrogen-bond acceptors (Lipinski definition) is 2. The van der Waals surface area contributed by atoms with E-state index in [-0.39, 0.29) is 17.4 Å². The highest BCUT2D eigenvalue weighted by atomic mass is 35.5. The highest BCUT2D eigenvalue weighted by Gasteiger charge is 2.25. The van der Waals surface area contributed by atoms with Crippen LogP contribution in [0.4, 0.5) is 4.39 Å². The maximum atomic E-state index is 13.9. The number of nitrogens with zero attached hydrogens (tertiary/aromatic N) is 1. The average molecular weight is 389 g/mol. The van der Waals surface area contributed by atoms with Crippen molar-refractivity contribution in [2.24, 2.45) is 0 Å². The summed E-state index contributed by atoms with van der Waals surface area (Å²) in [5.41, 5.74) is 3.70. The largest absolute Gasteiger partial charge is 0.319 e. The maximum absolute atomic E-state index is 13.9. The van der Waals surface area contributed by atoms with Gasteiger partial charge in [0, 0.05) is 34.0 Å². The molecular weight excluding hydrogens is 374 g/mol. The summed E-state index contributed by atoms with van der Waals surface area (Å²) in [4.78, 5) is 11.7. The van der Waals surface area contributed by atoms with Crippen LogP contribution >= 0.6 is 23.2 Å². The summed E-state index contributed by atoms with van der Waals surface area (Å²) in [5, 5.41) is 4.61. The van der Waals surface area contributed by atoms with Gasteiger partial charge in [-0.25, -0.2) is 4.39 Å². The summed E-state index contributed by atoms with van der Waals surface area (Å²) in [5.74, 6) is -0.810. The third-order valence-electron chi connectivity index (χ3n) is 4.66. The Balaban J connectivity index is 1.87. The Morgan fingerprint density at radius 3 is 2.81 bits per heavy atom. The molecule has 1 unspecified atom stereocenters. The molecule has 3 aromatic rings. The fourth-order valence-corrected chi connectivity index (χ4v) is 3.97. The molecule has 0 fully saturated rings. The molecule has 0 aliphatic carbocycles. The molecule has 0 saturated carbocycles. The van der Waals surface area contributed by atoms with Gasteiger partial charge in [0.05, 0.1) is 17.3 Å². The first-order valence-corrected chi connectivity index (χ1v) is 8.90. The molecular formula is C20H15Cl2FN2O. The van der Waals surface area contributed by atoms with E-state index in [4.69, 9.17) is 23.2 Å². The van der Waals surface area contributed by atoms with Gasteiger partial charge in [-0.3, -0.25) is 4.79 Å². The molecule has 1 N–H and O–H groups in total. The normalized spacial score (nSPS) is 15.9. The molecule has 132 valence electrons. The molecule has 26 heavy (non-hydrogen) atoms. The van der Waals surface area contributed by atoms with E-state index in [0.717, 1.165) is 22.5 Å². The van der Waals surface area contributed by atoms with Gasteiger partial charge in [-0.05, 0) is 48.9 Å². The lowest BCUT2D eigenvalue weighted by atomic mass is 9.99. The zero-order valence-corrected chi connectivity index (χ0v) is 15.4. The quantitative estimate of drug-likeness (QED) is 0.602. The van der Waals surface area contributed by atoms with Gasteiger partial charge in [0.1, 0.15) is 5.82 Å². The second kappa shape index (κ2) is 6.54. The first-order chi connectivity index (χ1) is 12.5. The Labute approximate surface area is 160 Å². The maximum Gasteiger partial charge on any atom is 0.162 e. The molecule has 0 radical (unpaired) electrons. The zero-order valence-electron chi connectivity index (χ0n) is 13.9. The first-order valence-electron chi connectivity index (χ1n) is 8.15. The van der Waals surface area contributed by atoms with E-state index >= 15 is 0 Å². The lowest BCUT2D eigenvalue weighted by molar-refractivity contribution is 0.101. The topological polar surface area (TPSA) is 34.0 Å². The molecule has 0 amide bonds. The number of carbonyl (C=O) groups is 1. The van der Waals surface area contributed by atoms with Crippen molar-refractivity contribution in [3.05, 3.63) is 86.9 Å². The number of carbonyl (C=O) groups excluding carboxylic acids is 1. The van der Waals surface area contributed by atoms with Crippen LogP contribution in [0.15, 0.2) is 48.7 Å². The molecule has 4 rings (SSSR count). The number of ketones is 1. The van der Waals surface area contributed by atoms with Crippen molar-refractivity contribution in [3.8, 4) is 5.69 Å². The van der Waals surface area contributed by atoms with Crippen LogP contribution in [0.25, 0.3) is 5.69 Å². The van der Waals surface area contributed by atoms with Crippen molar-refractivity contribution < 1.29 is 9.18 Å². The summed E-state index contributed by atoms with van der Waals surface area (Å²) in [6.07, 6.45) is 1.94. The highest BCUT2D eigenvalue weighted by molar-refractivity contribution is 6.35. The summed E-state index contributed by atoms with van der Waals surface area (Å²) in [7, 11) is 0. The first kappa shape index (κ1) is 17.3. The minimum Gasteiger partial charge on any atom is -0.319 e. The SMILES string of the molecule is CC(=O)c1cc(C2NCc3c(Cl)cc(Cl)cc3-n3cccc32)ccc1F. The number of benzene rings is 2. The molecule has 1 aromatic heterocycles. The molecule has 1 aliphatic rings. The van der Waals surface area contributed by atoms with Crippen LogP contribution < -0.4 is 5.32 Å². The highest BCUT2D eigenvalue weighted by Crippen LogP contribution is 2.35. The van der Waals surface area contributed by atoms with Crippen molar-refractivity contribution in [1.29, 1.82) is 0 Å². The van der Waals surface area contributed by atoms with Gasteiger partial charge in [-0.2, -0.15) is 0 Å². The van der Waals surface area contributed by atoms with Crippen molar-refractivity contribution in [3.63, 3.8) is 0 Å². The molecule has 0 saturated heterocycles. The third-order valence-corrected chi connectivity index (χ3v) is 5.21. The van der Waals surface area contributed by atoms with Gasteiger partial charge in [-0.1, -0.05) is 29.3 Å². The Hall–Kier alpha value is -2.14. The Morgan fingerprint density at radius 1 is 1.23 bits per heavy atom. The summed E-state index contributed by atoms with van der Waals surface area (Å²) in [6.45, 7) is 1.88. The smallest absolute Gasteiger partial charge is 0.162 e. The predicted octanol–water partition coefficient (Wildman–Crippen LogP) is 5.32. The molecule has 1 atom stereocenters. The van der Waals surface area contributed by atoms with E-state index in [2.05, 4.69) is 5.32 Å². The Kier molecular flexibility index (Phi) is 4.35. The number of hydrogen-bond donors (Lipinski definition) is 1. The molecule has 2 aromatic carbocycles. The summed E-state index contributed by atoms with van der Waals surface area (Å²) < 4.78 is 16.0. The van der Waals surface area contributed by atoms with E-state index in [9.17, 15) is 9.18 Å². The average Bonchev–Trinajstić information content (AvgIpc) is 3.01. The van der Waals surface area contributed by atoms with Gasteiger partial charge in [0.2, 0.25) is 0 Å². The molecule has 0 bridgehead atoms. The van der Waals surface area contributed by atoms with Crippen molar-refractivity contribution in [2.75, 3.05) is 0 Å². The molecule has 3 nitrogen and oxygen atoms in total. The van der Waals surface area contributed by atoms with Crippen LogP contribution in [-0.2, 0) is 6.54 Å². The van der Waals surface area contributed by atoms with E-state index in [0.29, 0.717) is 16.6 Å². The zero-order chi connectivity index (χ0) is 18.4. The number of aromatic nitrogens is 1. The van der Waals surface area contributed by atoms with Crippen LogP contribution in [0.3, 0.4) is 0 Å². The van der Waals surface area contributed by atoms with Gasteiger partial charge in [0.25, 0.3) is 0 Å². The van der Waals surface area contributed by atoms with Gasteiger partial charge in [0.15, 0.2) is 5.78 Å². The minimum atomic E-state index is -0.511. The van der Waals surface area contributed by atoms with Gasteiger partial charge < -0.3 is 9.88 Å². The molecule has 1 aliphatic heterocycles. The summed E-state index contributed by atoms with van der Waals surface area (Å²) in [6, 6.07) is 11.9. The summed E-state index contributed by atoms with van der Waals surface area (Å²) >= 11 is 12.6. The lowest BCUT2D eigenvalue weighted by Gasteiger charge is -2.19. The van der Waals surface area contributed by atoms with Crippen LogP contribution in [0.1, 0.15) is 40.1 Å².